The molecule has 1 aliphatic rings. The number of nitrogens with one attached hydrogen (secondary N) is 1. The summed E-state index contributed by atoms with van der Waals surface area (Å²) in [7, 11) is 0. The lowest BCUT2D eigenvalue weighted by Crippen LogP contribution is -2.38. The first-order valence-corrected chi connectivity index (χ1v) is 7.70. The van der Waals surface area contributed by atoms with Crippen LogP contribution in [0.1, 0.15) is 76.9 Å². The number of hydrogen-bond donors (Lipinski definition) is 1. The molecule has 5 nitrogen and oxygen atoms in total. The van der Waals surface area contributed by atoms with Gasteiger partial charge >= 0.3 is 5.97 Å². The van der Waals surface area contributed by atoms with E-state index in [-0.39, 0.29) is 11.9 Å². The van der Waals surface area contributed by atoms with Crippen LogP contribution in [0, 0.1) is 0 Å². The van der Waals surface area contributed by atoms with E-state index in [2.05, 4.69) is 29.0 Å². The molecule has 1 saturated carbocycles. The van der Waals surface area contributed by atoms with Crippen molar-refractivity contribution in [3.8, 4) is 0 Å². The molecule has 5 heteroatoms. The van der Waals surface area contributed by atoms with Gasteiger partial charge in [0.1, 0.15) is 11.2 Å². The number of ether oxygens (including phenoxy) is 1. The van der Waals surface area contributed by atoms with Gasteiger partial charge in [-0.1, -0.05) is 39.5 Å². The fourth-order valence-corrected chi connectivity index (χ4v) is 2.87. The molecule has 20 heavy (non-hydrogen) atoms. The number of esters is 1. The zero-order valence-corrected chi connectivity index (χ0v) is 12.7. The SMILES string of the molecule is CCOC(=O)C1(c2n[nH]c(C(C)C)n2)CCCCCC1. The van der Waals surface area contributed by atoms with Crippen LogP contribution in [0.25, 0.3) is 0 Å². The minimum atomic E-state index is -0.643. The summed E-state index contributed by atoms with van der Waals surface area (Å²) in [6, 6.07) is 0. The Morgan fingerprint density at radius 2 is 1.95 bits per heavy atom. The molecule has 0 radical (unpaired) electrons. The van der Waals surface area contributed by atoms with E-state index in [0.29, 0.717) is 12.4 Å². The zero-order chi connectivity index (χ0) is 14.6. The molecule has 1 aliphatic carbocycles. The highest BCUT2D eigenvalue weighted by atomic mass is 16.5. The topological polar surface area (TPSA) is 67.9 Å². The van der Waals surface area contributed by atoms with Crippen molar-refractivity contribution in [1.29, 1.82) is 0 Å². The lowest BCUT2D eigenvalue weighted by molar-refractivity contribution is -0.151. The average Bonchev–Trinajstić information content (AvgIpc) is 2.79. The van der Waals surface area contributed by atoms with Crippen molar-refractivity contribution in [2.45, 2.75) is 70.6 Å². The molecule has 0 aliphatic heterocycles. The van der Waals surface area contributed by atoms with Crippen molar-refractivity contribution in [3.05, 3.63) is 11.6 Å². The summed E-state index contributed by atoms with van der Waals surface area (Å²) in [4.78, 5) is 17.1. The van der Waals surface area contributed by atoms with Crippen LogP contribution < -0.4 is 0 Å². The normalized spacial score (nSPS) is 18.8. The second-order valence-electron chi connectivity index (χ2n) is 5.92. The maximum absolute atomic E-state index is 12.5. The highest BCUT2D eigenvalue weighted by Gasteiger charge is 2.45. The molecular formula is C15H25N3O2. The first kappa shape index (κ1) is 15.0. The molecule has 2 rings (SSSR count). The van der Waals surface area contributed by atoms with Crippen molar-refractivity contribution >= 4 is 5.97 Å². The van der Waals surface area contributed by atoms with E-state index >= 15 is 0 Å². The average molecular weight is 279 g/mol. The molecule has 0 saturated heterocycles. The van der Waals surface area contributed by atoms with Crippen LogP contribution in [0.4, 0.5) is 0 Å². The van der Waals surface area contributed by atoms with Gasteiger partial charge < -0.3 is 4.74 Å². The van der Waals surface area contributed by atoms with E-state index in [1.54, 1.807) is 0 Å². The van der Waals surface area contributed by atoms with Crippen molar-refractivity contribution in [2.75, 3.05) is 6.61 Å². The fourth-order valence-electron chi connectivity index (χ4n) is 2.87. The van der Waals surface area contributed by atoms with Crippen LogP contribution in [0.3, 0.4) is 0 Å². The lowest BCUT2D eigenvalue weighted by atomic mass is 9.79. The second-order valence-corrected chi connectivity index (χ2v) is 5.92. The highest BCUT2D eigenvalue weighted by Crippen LogP contribution is 2.38. The summed E-state index contributed by atoms with van der Waals surface area (Å²) in [6.07, 6.45) is 5.99. The molecule has 1 N–H and O–H groups in total. The Hall–Kier alpha value is -1.39. The number of hydrogen-bond acceptors (Lipinski definition) is 4. The Balaban J connectivity index is 2.35. The smallest absolute Gasteiger partial charge is 0.319 e. The largest absolute Gasteiger partial charge is 0.465 e. The van der Waals surface area contributed by atoms with E-state index < -0.39 is 5.41 Å². The van der Waals surface area contributed by atoms with Gasteiger partial charge in [-0.25, -0.2) is 4.98 Å². The standard InChI is InChI=1S/C15H25N3O2/c1-4-20-14(19)15(9-7-5-6-8-10-15)13-16-12(11(2)3)17-18-13/h11H,4-10H2,1-3H3,(H,16,17,18). The van der Waals surface area contributed by atoms with Gasteiger partial charge in [-0.15, -0.1) is 0 Å². The van der Waals surface area contributed by atoms with Crippen LogP contribution in [0.15, 0.2) is 0 Å². The van der Waals surface area contributed by atoms with E-state index in [0.717, 1.165) is 31.5 Å². The first-order valence-electron chi connectivity index (χ1n) is 7.70. The molecular weight excluding hydrogens is 254 g/mol. The third-order valence-corrected chi connectivity index (χ3v) is 4.10. The number of rotatable bonds is 4. The minimum Gasteiger partial charge on any atom is -0.465 e. The Labute approximate surface area is 120 Å². The Kier molecular flexibility index (Phi) is 4.78. The van der Waals surface area contributed by atoms with Crippen molar-refractivity contribution < 1.29 is 9.53 Å². The molecule has 1 aromatic heterocycles. The van der Waals surface area contributed by atoms with Crippen LogP contribution in [-0.4, -0.2) is 27.8 Å². The Bertz CT molecular complexity index is 446. The first-order chi connectivity index (χ1) is 9.60. The van der Waals surface area contributed by atoms with E-state index in [9.17, 15) is 4.79 Å². The van der Waals surface area contributed by atoms with Crippen molar-refractivity contribution in [1.82, 2.24) is 15.2 Å². The number of carbonyl (C=O) groups is 1. The quantitative estimate of drug-likeness (QED) is 0.679. The van der Waals surface area contributed by atoms with Crippen LogP contribution in [0.5, 0.6) is 0 Å². The monoisotopic (exact) mass is 279 g/mol. The van der Waals surface area contributed by atoms with Crippen LogP contribution >= 0.6 is 0 Å². The zero-order valence-electron chi connectivity index (χ0n) is 12.7. The van der Waals surface area contributed by atoms with Crippen molar-refractivity contribution in [3.63, 3.8) is 0 Å². The lowest BCUT2D eigenvalue weighted by Gasteiger charge is -2.27. The molecule has 1 aromatic rings. The minimum absolute atomic E-state index is 0.156. The van der Waals surface area contributed by atoms with Gasteiger partial charge in [-0.2, -0.15) is 5.10 Å². The van der Waals surface area contributed by atoms with E-state index in [1.807, 2.05) is 6.92 Å². The molecule has 0 aromatic carbocycles. The molecule has 0 atom stereocenters. The van der Waals surface area contributed by atoms with E-state index in [4.69, 9.17) is 4.74 Å². The second kappa shape index (κ2) is 6.37. The van der Waals surface area contributed by atoms with Gasteiger partial charge in [-0.05, 0) is 19.8 Å². The summed E-state index contributed by atoms with van der Waals surface area (Å²) >= 11 is 0. The predicted molar refractivity (Wildman–Crippen MR) is 76.5 cm³/mol. The third-order valence-electron chi connectivity index (χ3n) is 4.10. The molecule has 112 valence electrons. The number of aromatic amines is 1. The molecule has 0 amide bonds. The maximum Gasteiger partial charge on any atom is 0.319 e. The summed E-state index contributed by atoms with van der Waals surface area (Å²) in [6.45, 7) is 6.38. The van der Waals surface area contributed by atoms with Gasteiger partial charge in [-0.3, -0.25) is 9.89 Å². The number of H-pyrrole nitrogens is 1. The van der Waals surface area contributed by atoms with Gasteiger partial charge in [0.25, 0.3) is 0 Å². The number of carbonyl (C=O) groups excluding carboxylic acids is 1. The molecule has 0 spiro atoms. The molecule has 1 heterocycles. The third kappa shape index (κ3) is 2.86. The predicted octanol–water partition coefficient (Wildman–Crippen LogP) is 3.08. The highest BCUT2D eigenvalue weighted by molar-refractivity contribution is 5.82. The van der Waals surface area contributed by atoms with Crippen LogP contribution in [-0.2, 0) is 14.9 Å². The molecule has 1 fully saturated rings. The summed E-state index contributed by atoms with van der Waals surface area (Å²) < 4.78 is 5.33. The Morgan fingerprint density at radius 3 is 2.45 bits per heavy atom. The Morgan fingerprint density at radius 1 is 1.30 bits per heavy atom. The van der Waals surface area contributed by atoms with Gasteiger partial charge in [0, 0.05) is 5.92 Å². The molecule has 0 bridgehead atoms. The van der Waals surface area contributed by atoms with Crippen LogP contribution in [0.2, 0.25) is 0 Å². The van der Waals surface area contributed by atoms with Gasteiger partial charge in [0.2, 0.25) is 0 Å². The fraction of sp³-hybridized carbons (Fsp3) is 0.800. The number of aromatic nitrogens is 3. The summed E-state index contributed by atoms with van der Waals surface area (Å²) in [5.41, 5.74) is -0.643. The molecule has 0 unspecified atom stereocenters. The summed E-state index contributed by atoms with van der Waals surface area (Å²) in [5.74, 6) is 1.59. The maximum atomic E-state index is 12.5. The van der Waals surface area contributed by atoms with E-state index in [1.165, 1.54) is 12.8 Å². The van der Waals surface area contributed by atoms with Gasteiger partial charge in [0.15, 0.2) is 5.82 Å². The summed E-state index contributed by atoms with van der Waals surface area (Å²) in [5, 5.41) is 7.32. The number of nitrogens with zero attached hydrogens (tertiary/aromatic N) is 2. The van der Waals surface area contributed by atoms with Crippen molar-refractivity contribution in [2.24, 2.45) is 0 Å². The van der Waals surface area contributed by atoms with Gasteiger partial charge in [0.05, 0.1) is 6.61 Å².